The quantitative estimate of drug-likeness (QED) is 0.485. The molecule has 0 fully saturated rings. The molecule has 2 unspecified atom stereocenters. The van der Waals surface area contributed by atoms with Crippen LogP contribution in [0, 0.1) is 5.92 Å². The van der Waals surface area contributed by atoms with Gasteiger partial charge in [-0.2, -0.15) is 0 Å². The Labute approximate surface area is 87.2 Å². The molecule has 15 heavy (non-hydrogen) atoms. The largest absolute Gasteiger partial charge is 0.481 e. The molecule has 0 bridgehead atoms. The Morgan fingerprint density at radius 2 is 2.07 bits per heavy atom. The molecule has 0 rings (SSSR count). The summed E-state index contributed by atoms with van der Waals surface area (Å²) in [5.41, 5.74) is 0. The summed E-state index contributed by atoms with van der Waals surface area (Å²) >= 11 is 0. The van der Waals surface area contributed by atoms with Gasteiger partial charge in [-0.15, -0.1) is 0 Å². The van der Waals surface area contributed by atoms with Crippen molar-refractivity contribution in [1.29, 1.82) is 0 Å². The van der Waals surface area contributed by atoms with E-state index in [1.54, 1.807) is 6.92 Å². The van der Waals surface area contributed by atoms with Gasteiger partial charge in [0.1, 0.15) is 6.61 Å². The summed E-state index contributed by atoms with van der Waals surface area (Å²) in [6.07, 6.45) is -0.639. The normalized spacial score (nSPS) is 13.7. The lowest BCUT2D eigenvalue weighted by atomic mass is 10.1. The predicted molar refractivity (Wildman–Crippen MR) is 49.0 cm³/mol. The van der Waals surface area contributed by atoms with Crippen molar-refractivity contribution in [2.75, 3.05) is 6.61 Å². The first-order valence-electron chi connectivity index (χ1n) is 4.51. The molecule has 6 nitrogen and oxygen atoms in total. The number of rotatable bonds is 7. The van der Waals surface area contributed by atoms with Crippen molar-refractivity contribution >= 4 is 18.4 Å². The minimum Gasteiger partial charge on any atom is -0.481 e. The summed E-state index contributed by atoms with van der Waals surface area (Å²) in [6, 6.07) is 0. The number of carbonyl (C=O) groups excluding carboxylic acids is 2. The van der Waals surface area contributed by atoms with Gasteiger partial charge in [0.05, 0.1) is 5.92 Å². The highest BCUT2D eigenvalue weighted by Crippen LogP contribution is 2.04. The number of carbonyl (C=O) groups is 3. The molecule has 86 valence electrons. The van der Waals surface area contributed by atoms with Crippen LogP contribution in [0.3, 0.4) is 0 Å². The van der Waals surface area contributed by atoms with E-state index in [1.165, 1.54) is 6.92 Å². The van der Waals surface area contributed by atoms with Gasteiger partial charge in [-0.3, -0.25) is 9.59 Å². The summed E-state index contributed by atoms with van der Waals surface area (Å²) in [7, 11) is 0. The molecule has 0 spiro atoms. The van der Waals surface area contributed by atoms with Crippen molar-refractivity contribution in [1.82, 2.24) is 0 Å². The van der Waals surface area contributed by atoms with E-state index in [-0.39, 0.29) is 13.1 Å². The highest BCUT2D eigenvalue weighted by atomic mass is 16.6. The zero-order chi connectivity index (χ0) is 11.8. The first-order chi connectivity index (χ1) is 7.02. The summed E-state index contributed by atoms with van der Waals surface area (Å²) in [4.78, 5) is 31.5. The smallest absolute Gasteiger partial charge is 0.347 e. The van der Waals surface area contributed by atoms with Crippen molar-refractivity contribution in [3.8, 4) is 0 Å². The van der Waals surface area contributed by atoms with Crippen molar-refractivity contribution < 1.29 is 29.0 Å². The summed E-state index contributed by atoms with van der Waals surface area (Å²) in [5, 5.41) is 8.65. The van der Waals surface area contributed by atoms with Crippen LogP contribution in [0.25, 0.3) is 0 Å². The van der Waals surface area contributed by atoms with Gasteiger partial charge in [-0.1, -0.05) is 6.92 Å². The minimum absolute atomic E-state index is 0.139. The molecule has 0 aliphatic rings. The Morgan fingerprint density at radius 1 is 1.47 bits per heavy atom. The second-order valence-electron chi connectivity index (χ2n) is 2.95. The van der Waals surface area contributed by atoms with Crippen LogP contribution in [-0.2, 0) is 23.9 Å². The second-order valence-corrected chi connectivity index (χ2v) is 2.95. The Balaban J connectivity index is 3.97. The van der Waals surface area contributed by atoms with Crippen LogP contribution >= 0.6 is 0 Å². The molecule has 0 saturated carbocycles. The van der Waals surface area contributed by atoms with Crippen LogP contribution in [0.1, 0.15) is 20.3 Å². The van der Waals surface area contributed by atoms with Crippen LogP contribution in [0.4, 0.5) is 0 Å². The predicted octanol–water partition coefficient (Wildman–Crippen LogP) is 0.202. The molecule has 0 aliphatic heterocycles. The maximum Gasteiger partial charge on any atom is 0.347 e. The molecule has 0 radical (unpaired) electrons. The standard InChI is InChI=1S/C9H14O6/c1-3-7(8(11)12)4-14-9(13)6(2)15-5-10/h5-7H,3-4H2,1-2H3,(H,11,12). The molecular formula is C9H14O6. The van der Waals surface area contributed by atoms with E-state index in [4.69, 9.17) is 5.11 Å². The number of carboxylic acid groups (broad SMARTS) is 1. The third-order valence-corrected chi connectivity index (χ3v) is 1.86. The molecule has 2 atom stereocenters. The second kappa shape index (κ2) is 6.80. The molecule has 0 aromatic heterocycles. The van der Waals surface area contributed by atoms with Gasteiger partial charge in [0.2, 0.25) is 0 Å². The Hall–Kier alpha value is -1.59. The van der Waals surface area contributed by atoms with Crippen molar-refractivity contribution in [2.45, 2.75) is 26.4 Å². The number of hydrogen-bond acceptors (Lipinski definition) is 5. The molecule has 6 heteroatoms. The Morgan fingerprint density at radius 3 is 2.47 bits per heavy atom. The molecule has 0 heterocycles. The number of carboxylic acids is 1. The van der Waals surface area contributed by atoms with E-state index in [0.717, 1.165) is 0 Å². The number of ether oxygens (including phenoxy) is 2. The fraction of sp³-hybridized carbons (Fsp3) is 0.667. The average molecular weight is 218 g/mol. The van der Waals surface area contributed by atoms with Crippen LogP contribution in [0.5, 0.6) is 0 Å². The number of esters is 1. The van der Waals surface area contributed by atoms with E-state index >= 15 is 0 Å². The molecule has 0 aliphatic carbocycles. The molecular weight excluding hydrogens is 204 g/mol. The third kappa shape index (κ3) is 4.99. The maximum absolute atomic E-state index is 11.1. The molecule has 0 saturated heterocycles. The lowest BCUT2D eigenvalue weighted by Crippen LogP contribution is -2.27. The number of aliphatic carboxylic acids is 1. The van der Waals surface area contributed by atoms with E-state index in [1.807, 2.05) is 0 Å². The SMILES string of the molecule is CCC(COC(=O)C(C)OC=O)C(=O)O. The summed E-state index contributed by atoms with van der Waals surface area (Å²) in [6.45, 7) is 2.95. The summed E-state index contributed by atoms with van der Waals surface area (Å²) in [5.74, 6) is -2.49. The van der Waals surface area contributed by atoms with Gasteiger partial charge in [0.15, 0.2) is 6.10 Å². The van der Waals surface area contributed by atoms with Crippen molar-refractivity contribution in [3.05, 3.63) is 0 Å². The highest BCUT2D eigenvalue weighted by molar-refractivity contribution is 5.76. The summed E-state index contributed by atoms with van der Waals surface area (Å²) < 4.78 is 8.99. The van der Waals surface area contributed by atoms with Crippen LogP contribution in [0.15, 0.2) is 0 Å². The van der Waals surface area contributed by atoms with Crippen molar-refractivity contribution in [3.63, 3.8) is 0 Å². The first kappa shape index (κ1) is 13.4. The van der Waals surface area contributed by atoms with Gasteiger partial charge < -0.3 is 14.6 Å². The average Bonchev–Trinajstić information content (AvgIpc) is 2.18. The topological polar surface area (TPSA) is 89.9 Å². The minimum atomic E-state index is -1.02. The Bertz CT molecular complexity index is 237. The van der Waals surface area contributed by atoms with Gasteiger partial charge in [0.25, 0.3) is 6.47 Å². The van der Waals surface area contributed by atoms with Crippen molar-refractivity contribution in [2.24, 2.45) is 5.92 Å². The Kier molecular flexibility index (Phi) is 6.08. The monoisotopic (exact) mass is 218 g/mol. The van der Waals surface area contributed by atoms with Crippen LogP contribution < -0.4 is 0 Å². The van der Waals surface area contributed by atoms with E-state index in [0.29, 0.717) is 6.42 Å². The fourth-order valence-corrected chi connectivity index (χ4v) is 0.803. The van der Waals surface area contributed by atoms with Crippen LogP contribution in [-0.4, -0.2) is 36.2 Å². The highest BCUT2D eigenvalue weighted by Gasteiger charge is 2.20. The van der Waals surface area contributed by atoms with Crippen LogP contribution in [0.2, 0.25) is 0 Å². The molecule has 0 aromatic rings. The zero-order valence-corrected chi connectivity index (χ0v) is 8.63. The molecule has 1 N–H and O–H groups in total. The van der Waals surface area contributed by atoms with E-state index in [2.05, 4.69) is 9.47 Å². The third-order valence-electron chi connectivity index (χ3n) is 1.86. The molecule has 0 aromatic carbocycles. The van der Waals surface area contributed by atoms with E-state index < -0.39 is 24.0 Å². The lowest BCUT2D eigenvalue weighted by molar-refractivity contribution is -0.163. The lowest BCUT2D eigenvalue weighted by Gasteiger charge is -2.12. The zero-order valence-electron chi connectivity index (χ0n) is 8.63. The fourth-order valence-electron chi connectivity index (χ4n) is 0.803. The maximum atomic E-state index is 11.1. The van der Waals surface area contributed by atoms with Gasteiger partial charge in [-0.25, -0.2) is 4.79 Å². The van der Waals surface area contributed by atoms with Gasteiger partial charge in [0, 0.05) is 0 Å². The van der Waals surface area contributed by atoms with Gasteiger partial charge >= 0.3 is 11.9 Å². The molecule has 0 amide bonds. The van der Waals surface area contributed by atoms with E-state index in [9.17, 15) is 14.4 Å². The van der Waals surface area contributed by atoms with Gasteiger partial charge in [-0.05, 0) is 13.3 Å². The first-order valence-corrected chi connectivity index (χ1v) is 4.51. The number of hydrogen-bond donors (Lipinski definition) is 1.